The molecule has 3 heterocycles. The lowest BCUT2D eigenvalue weighted by molar-refractivity contribution is 0.731. The minimum absolute atomic E-state index is 0.615. The first-order valence-electron chi connectivity index (χ1n) is 23.0. The lowest BCUT2D eigenvalue weighted by atomic mass is 9.62. The Bertz CT molecular complexity index is 3200. The fourth-order valence-electron chi connectivity index (χ4n) is 9.86. The molecule has 9 aromatic carbocycles. The normalized spacial score (nSPS) is 12.5. The van der Waals surface area contributed by atoms with Crippen LogP contribution < -0.4 is 4.90 Å². The second-order valence-electron chi connectivity index (χ2n) is 17.0. The van der Waals surface area contributed by atoms with Crippen molar-refractivity contribution in [1.82, 2.24) is 19.9 Å². The molecule has 11 aromatic rings. The van der Waals surface area contributed by atoms with E-state index in [0.29, 0.717) is 11.6 Å². The Balaban J connectivity index is 1.15. The molecule has 0 atom stereocenters. The Kier molecular flexibility index (Phi) is 10.3. The predicted molar refractivity (Wildman–Crippen MR) is 277 cm³/mol. The molecule has 0 spiro atoms. The Hall–Kier alpha value is -9.06. The smallest absolute Gasteiger partial charge is 0.160 e. The van der Waals surface area contributed by atoms with Gasteiger partial charge in [-0.05, 0) is 64.7 Å². The first kappa shape index (κ1) is 40.4. The number of anilines is 3. The molecule has 5 nitrogen and oxygen atoms in total. The molecule has 0 amide bonds. The molecule has 0 fully saturated rings. The Labute approximate surface area is 396 Å². The summed E-state index contributed by atoms with van der Waals surface area (Å²) < 4.78 is 0. The third-order valence-corrected chi connectivity index (χ3v) is 12.9. The van der Waals surface area contributed by atoms with Gasteiger partial charge in [-0.25, -0.2) is 19.9 Å². The van der Waals surface area contributed by atoms with Crippen molar-refractivity contribution >= 4 is 17.1 Å². The number of fused-ring (bicyclic) bond motifs is 2. The minimum Gasteiger partial charge on any atom is -0.310 e. The highest BCUT2D eigenvalue weighted by Crippen LogP contribution is 2.58. The van der Waals surface area contributed by atoms with Gasteiger partial charge in [-0.1, -0.05) is 218 Å². The van der Waals surface area contributed by atoms with E-state index >= 15 is 0 Å². The lowest BCUT2D eigenvalue weighted by Crippen LogP contribution is -2.37. The molecular weight excluding hydrogens is 827 g/mol. The fourth-order valence-corrected chi connectivity index (χ4v) is 9.86. The van der Waals surface area contributed by atoms with Crippen molar-refractivity contribution in [3.8, 4) is 67.8 Å². The van der Waals surface area contributed by atoms with Crippen molar-refractivity contribution in [3.05, 3.63) is 283 Å². The van der Waals surface area contributed by atoms with Crippen molar-refractivity contribution in [2.24, 2.45) is 0 Å². The van der Waals surface area contributed by atoms with Gasteiger partial charge in [0, 0.05) is 39.1 Å². The molecule has 0 radical (unpaired) electrons. The average Bonchev–Trinajstić information content (AvgIpc) is 3.43. The van der Waals surface area contributed by atoms with Gasteiger partial charge in [0.05, 0.1) is 39.6 Å². The number of hydrogen-bond acceptors (Lipinski definition) is 5. The maximum atomic E-state index is 5.38. The number of hydrogen-bond donors (Lipinski definition) is 0. The van der Waals surface area contributed by atoms with Gasteiger partial charge in [0.2, 0.25) is 0 Å². The first-order valence-corrected chi connectivity index (χ1v) is 23.0. The molecule has 0 saturated heterocycles. The fraction of sp³-hybridized carbons (Fsp3) is 0.0159. The monoisotopic (exact) mass is 869 g/mol. The zero-order valence-corrected chi connectivity index (χ0v) is 37.1. The molecule has 1 aliphatic rings. The van der Waals surface area contributed by atoms with Crippen LogP contribution in [0.25, 0.3) is 67.8 Å². The first-order chi connectivity index (χ1) is 33.7. The highest BCUT2D eigenvalue weighted by atomic mass is 15.2. The van der Waals surface area contributed by atoms with Crippen LogP contribution in [0.4, 0.5) is 17.1 Å². The van der Waals surface area contributed by atoms with Crippen LogP contribution in [0, 0.1) is 0 Å². The van der Waals surface area contributed by atoms with Gasteiger partial charge < -0.3 is 4.90 Å². The van der Waals surface area contributed by atoms with E-state index in [4.69, 9.17) is 19.9 Å². The van der Waals surface area contributed by atoms with Crippen LogP contribution in [-0.2, 0) is 5.41 Å². The van der Waals surface area contributed by atoms with Crippen LogP contribution in [0.2, 0.25) is 0 Å². The van der Waals surface area contributed by atoms with E-state index in [9.17, 15) is 0 Å². The highest BCUT2D eigenvalue weighted by Gasteiger charge is 2.46. The van der Waals surface area contributed by atoms with Crippen LogP contribution in [-0.4, -0.2) is 19.9 Å². The molecule has 0 saturated carbocycles. The van der Waals surface area contributed by atoms with Gasteiger partial charge in [0.25, 0.3) is 0 Å². The van der Waals surface area contributed by atoms with Crippen molar-refractivity contribution < 1.29 is 0 Å². The number of para-hydroxylation sites is 2. The SMILES string of the molecule is c1ccc(-c2cc(-c3cc(-c4cc(-c5ccccc5)nc(-c5ccccc5)n4)cc(N4c5ccccc5C(c5ccccc5)(c5ccccc5)c5ccccc54)c3)nc(-c3ccccc3)n2)cc1. The Morgan fingerprint density at radius 3 is 0.956 bits per heavy atom. The topological polar surface area (TPSA) is 54.8 Å². The zero-order valence-electron chi connectivity index (χ0n) is 37.1. The van der Waals surface area contributed by atoms with Gasteiger partial charge >= 0.3 is 0 Å². The largest absolute Gasteiger partial charge is 0.310 e. The molecule has 320 valence electrons. The van der Waals surface area contributed by atoms with Gasteiger partial charge in [-0.15, -0.1) is 0 Å². The molecule has 68 heavy (non-hydrogen) atoms. The van der Waals surface area contributed by atoms with Crippen LogP contribution in [0.3, 0.4) is 0 Å². The minimum atomic E-state index is -0.615. The molecule has 2 aromatic heterocycles. The molecule has 1 aliphatic heterocycles. The predicted octanol–water partition coefficient (Wildman–Crippen LogP) is 15.4. The van der Waals surface area contributed by atoms with E-state index in [1.54, 1.807) is 0 Å². The summed E-state index contributed by atoms with van der Waals surface area (Å²) in [5.74, 6) is 1.30. The third kappa shape index (κ3) is 7.23. The van der Waals surface area contributed by atoms with Crippen LogP contribution in [0.5, 0.6) is 0 Å². The number of aromatic nitrogens is 4. The molecule has 12 rings (SSSR count). The van der Waals surface area contributed by atoms with Crippen molar-refractivity contribution in [3.63, 3.8) is 0 Å². The highest BCUT2D eigenvalue weighted by molar-refractivity contribution is 5.92. The molecule has 0 N–H and O–H groups in total. The summed E-state index contributed by atoms with van der Waals surface area (Å²) in [7, 11) is 0. The standard InChI is InChI=1S/C63H43N5/c1-7-23-44(24-8-1)55-42-57(66-61(64-55)46-27-11-3-12-28-46)48-39-49(58-43-56(45-25-9-2-10-26-45)65-62(67-58)47-29-13-4-14-30-47)41-52(40-48)68-59-37-21-19-35-53(59)63(50-31-15-5-16-32-50,51-33-17-6-18-34-51)54-36-20-22-38-60(54)68/h1-43H. The maximum Gasteiger partial charge on any atom is 0.160 e. The Morgan fingerprint density at radius 1 is 0.265 bits per heavy atom. The van der Waals surface area contributed by atoms with Gasteiger partial charge in [0.1, 0.15) is 0 Å². The maximum absolute atomic E-state index is 5.38. The van der Waals surface area contributed by atoms with E-state index in [1.165, 1.54) is 22.3 Å². The summed E-state index contributed by atoms with van der Waals surface area (Å²) in [5, 5.41) is 0. The van der Waals surface area contributed by atoms with Crippen molar-refractivity contribution in [1.29, 1.82) is 0 Å². The lowest BCUT2D eigenvalue weighted by Gasteiger charge is -2.46. The summed E-state index contributed by atoms with van der Waals surface area (Å²) in [6.45, 7) is 0. The summed E-state index contributed by atoms with van der Waals surface area (Å²) in [5.41, 5.74) is 16.3. The zero-order chi connectivity index (χ0) is 45.3. The Morgan fingerprint density at radius 2 is 0.574 bits per heavy atom. The van der Waals surface area contributed by atoms with E-state index < -0.39 is 5.41 Å². The second kappa shape index (κ2) is 17.4. The van der Waals surface area contributed by atoms with Crippen molar-refractivity contribution in [2.45, 2.75) is 5.41 Å². The van der Waals surface area contributed by atoms with Gasteiger partial charge in [-0.3, -0.25) is 0 Å². The summed E-state index contributed by atoms with van der Waals surface area (Å²) in [4.78, 5) is 23.5. The van der Waals surface area contributed by atoms with Gasteiger partial charge in [-0.2, -0.15) is 0 Å². The number of rotatable bonds is 9. The van der Waals surface area contributed by atoms with Crippen LogP contribution in [0.15, 0.2) is 261 Å². The van der Waals surface area contributed by atoms with Crippen LogP contribution in [0.1, 0.15) is 22.3 Å². The average molecular weight is 870 g/mol. The molecule has 0 unspecified atom stereocenters. The van der Waals surface area contributed by atoms with Crippen molar-refractivity contribution in [2.75, 3.05) is 4.90 Å². The molecule has 0 aliphatic carbocycles. The summed E-state index contributed by atoms with van der Waals surface area (Å²) >= 11 is 0. The van der Waals surface area contributed by atoms with Gasteiger partial charge in [0.15, 0.2) is 11.6 Å². The quantitative estimate of drug-likeness (QED) is 0.145. The van der Waals surface area contributed by atoms with Crippen LogP contribution >= 0.6 is 0 Å². The third-order valence-electron chi connectivity index (χ3n) is 12.9. The molecule has 0 bridgehead atoms. The van der Waals surface area contributed by atoms with E-state index in [1.807, 2.05) is 48.5 Å². The summed E-state index contributed by atoms with van der Waals surface area (Å²) in [6.07, 6.45) is 0. The number of nitrogens with zero attached hydrogens (tertiary/aromatic N) is 5. The molecular formula is C63H43N5. The van der Waals surface area contributed by atoms with E-state index in [0.717, 1.165) is 73.2 Å². The summed E-state index contributed by atoms with van der Waals surface area (Å²) in [6, 6.07) is 91.8. The van der Waals surface area contributed by atoms with E-state index in [2.05, 4.69) is 217 Å². The number of benzene rings is 9. The second-order valence-corrected chi connectivity index (χ2v) is 17.0. The molecule has 5 heteroatoms. The van der Waals surface area contributed by atoms with E-state index in [-0.39, 0.29) is 0 Å².